The molecule has 6 heteroatoms. The maximum atomic E-state index is 12.0. The van der Waals surface area contributed by atoms with Crippen LogP contribution < -0.4 is 10.1 Å². The first-order valence-electron chi connectivity index (χ1n) is 6.40. The molecule has 1 unspecified atom stereocenters. The predicted molar refractivity (Wildman–Crippen MR) is 74.3 cm³/mol. The minimum absolute atomic E-state index is 0.0648. The molecule has 112 valence electrons. The van der Waals surface area contributed by atoms with E-state index >= 15 is 0 Å². The highest BCUT2D eigenvalue weighted by Gasteiger charge is 2.28. The lowest BCUT2D eigenvalue weighted by molar-refractivity contribution is -0.153. The van der Waals surface area contributed by atoms with Crippen LogP contribution in [0.2, 0.25) is 0 Å². The summed E-state index contributed by atoms with van der Waals surface area (Å²) in [5.41, 5.74) is 1.88. The van der Waals surface area contributed by atoms with Crippen LogP contribution >= 0.6 is 0 Å². The summed E-state index contributed by atoms with van der Waals surface area (Å²) in [4.78, 5) is 3.95. The molecule has 0 aliphatic heterocycles. The van der Waals surface area contributed by atoms with Gasteiger partial charge < -0.3 is 10.1 Å². The lowest BCUT2D eigenvalue weighted by atomic mass is 10.1. The molecule has 1 aromatic carbocycles. The Morgan fingerprint density at radius 3 is 2.29 bits per heavy atom. The van der Waals surface area contributed by atoms with E-state index in [0.29, 0.717) is 0 Å². The molecule has 0 aliphatic carbocycles. The standard InChI is InChI=1S/C15H15F3N2O/c1-11(12-6-8-19-9-7-12)20-13-2-4-14(5-3-13)21-10-15(16,17)18/h2-9,11,20H,10H2,1H3. The van der Waals surface area contributed by atoms with E-state index in [0.717, 1.165) is 11.3 Å². The molecule has 0 spiro atoms. The summed E-state index contributed by atoms with van der Waals surface area (Å²) in [6, 6.07) is 10.2. The Balaban J connectivity index is 1.93. The van der Waals surface area contributed by atoms with Crippen LogP contribution in [-0.4, -0.2) is 17.8 Å². The molecule has 1 heterocycles. The molecule has 0 amide bonds. The van der Waals surface area contributed by atoms with Crippen molar-refractivity contribution in [1.82, 2.24) is 4.98 Å². The van der Waals surface area contributed by atoms with Gasteiger partial charge in [0.25, 0.3) is 0 Å². The van der Waals surface area contributed by atoms with Gasteiger partial charge in [-0.25, -0.2) is 0 Å². The molecule has 0 fully saturated rings. The fourth-order valence-corrected chi connectivity index (χ4v) is 1.80. The summed E-state index contributed by atoms with van der Waals surface area (Å²) < 4.78 is 40.8. The average Bonchev–Trinajstić information content (AvgIpc) is 2.46. The highest BCUT2D eigenvalue weighted by atomic mass is 19.4. The first-order valence-corrected chi connectivity index (χ1v) is 6.40. The summed E-state index contributed by atoms with van der Waals surface area (Å²) >= 11 is 0. The molecule has 1 atom stereocenters. The van der Waals surface area contributed by atoms with Gasteiger partial charge in [-0.3, -0.25) is 4.98 Å². The number of rotatable bonds is 5. The van der Waals surface area contributed by atoms with Gasteiger partial charge in [-0.1, -0.05) is 0 Å². The number of pyridine rings is 1. The van der Waals surface area contributed by atoms with Crippen LogP contribution in [0.3, 0.4) is 0 Å². The van der Waals surface area contributed by atoms with Crippen molar-refractivity contribution in [1.29, 1.82) is 0 Å². The van der Waals surface area contributed by atoms with Crippen LogP contribution in [0.25, 0.3) is 0 Å². The second kappa shape index (κ2) is 6.47. The van der Waals surface area contributed by atoms with E-state index in [1.807, 2.05) is 19.1 Å². The normalized spacial score (nSPS) is 12.8. The van der Waals surface area contributed by atoms with Gasteiger partial charge in [0.05, 0.1) is 0 Å². The van der Waals surface area contributed by atoms with Crippen LogP contribution in [0.4, 0.5) is 18.9 Å². The maximum Gasteiger partial charge on any atom is 0.422 e. The van der Waals surface area contributed by atoms with E-state index in [-0.39, 0.29) is 11.8 Å². The summed E-state index contributed by atoms with van der Waals surface area (Å²) in [6.07, 6.45) is -0.907. The average molecular weight is 296 g/mol. The Kier molecular flexibility index (Phi) is 4.67. The fourth-order valence-electron chi connectivity index (χ4n) is 1.80. The monoisotopic (exact) mass is 296 g/mol. The van der Waals surface area contributed by atoms with Gasteiger partial charge in [-0.05, 0) is 48.9 Å². The highest BCUT2D eigenvalue weighted by molar-refractivity contribution is 5.48. The minimum Gasteiger partial charge on any atom is -0.484 e. The second-order valence-electron chi connectivity index (χ2n) is 4.57. The zero-order valence-corrected chi connectivity index (χ0v) is 11.4. The smallest absolute Gasteiger partial charge is 0.422 e. The molecular formula is C15H15F3N2O. The van der Waals surface area contributed by atoms with E-state index < -0.39 is 12.8 Å². The lowest BCUT2D eigenvalue weighted by Gasteiger charge is -2.16. The summed E-state index contributed by atoms with van der Waals surface area (Å²) in [5.74, 6) is 0.189. The molecule has 1 aromatic heterocycles. The highest BCUT2D eigenvalue weighted by Crippen LogP contribution is 2.23. The number of hydrogen-bond donors (Lipinski definition) is 1. The summed E-state index contributed by atoms with van der Waals surface area (Å²) in [5, 5.41) is 3.25. The molecule has 0 saturated carbocycles. The van der Waals surface area contributed by atoms with Gasteiger partial charge in [-0.15, -0.1) is 0 Å². The molecule has 1 N–H and O–H groups in total. The van der Waals surface area contributed by atoms with E-state index in [2.05, 4.69) is 15.0 Å². The van der Waals surface area contributed by atoms with Crippen molar-refractivity contribution in [2.24, 2.45) is 0 Å². The lowest BCUT2D eigenvalue weighted by Crippen LogP contribution is -2.19. The van der Waals surface area contributed by atoms with E-state index in [9.17, 15) is 13.2 Å². The van der Waals surface area contributed by atoms with Gasteiger partial charge in [0, 0.05) is 24.1 Å². The maximum absolute atomic E-state index is 12.0. The largest absolute Gasteiger partial charge is 0.484 e. The van der Waals surface area contributed by atoms with Gasteiger partial charge in [-0.2, -0.15) is 13.2 Å². The van der Waals surface area contributed by atoms with Crippen molar-refractivity contribution in [3.63, 3.8) is 0 Å². The topological polar surface area (TPSA) is 34.1 Å². The molecular weight excluding hydrogens is 281 g/mol. The fraction of sp³-hybridized carbons (Fsp3) is 0.267. The SMILES string of the molecule is CC(Nc1ccc(OCC(F)(F)F)cc1)c1ccncc1. The van der Waals surface area contributed by atoms with Crippen LogP contribution in [0.1, 0.15) is 18.5 Å². The number of hydrogen-bond acceptors (Lipinski definition) is 3. The third-order valence-corrected chi connectivity index (χ3v) is 2.85. The van der Waals surface area contributed by atoms with Crippen LogP contribution in [0.15, 0.2) is 48.8 Å². The Morgan fingerprint density at radius 1 is 1.10 bits per heavy atom. The number of nitrogens with one attached hydrogen (secondary N) is 1. The Bertz CT molecular complexity index is 555. The molecule has 21 heavy (non-hydrogen) atoms. The van der Waals surface area contributed by atoms with Crippen molar-refractivity contribution in [2.75, 3.05) is 11.9 Å². The third kappa shape index (κ3) is 4.98. The summed E-state index contributed by atoms with van der Waals surface area (Å²) in [7, 11) is 0. The van der Waals surface area contributed by atoms with Crippen LogP contribution in [-0.2, 0) is 0 Å². The Labute approximate surface area is 120 Å². The molecule has 2 rings (SSSR count). The predicted octanol–water partition coefficient (Wildman–Crippen LogP) is 4.20. The number of ether oxygens (including phenoxy) is 1. The number of aromatic nitrogens is 1. The molecule has 3 nitrogen and oxygen atoms in total. The quantitative estimate of drug-likeness (QED) is 0.898. The van der Waals surface area contributed by atoms with E-state index in [1.165, 1.54) is 12.1 Å². The van der Waals surface area contributed by atoms with Crippen LogP contribution in [0, 0.1) is 0 Å². The first-order chi connectivity index (χ1) is 9.94. The molecule has 0 aliphatic rings. The van der Waals surface area contributed by atoms with E-state index in [1.54, 1.807) is 24.5 Å². The zero-order valence-electron chi connectivity index (χ0n) is 11.4. The van der Waals surface area contributed by atoms with Gasteiger partial charge in [0.15, 0.2) is 6.61 Å². The minimum atomic E-state index is -4.33. The number of anilines is 1. The molecule has 0 radical (unpaired) electrons. The second-order valence-corrected chi connectivity index (χ2v) is 4.57. The van der Waals surface area contributed by atoms with E-state index in [4.69, 9.17) is 0 Å². The van der Waals surface area contributed by atoms with Gasteiger partial charge in [0.2, 0.25) is 0 Å². The number of halogens is 3. The summed E-state index contributed by atoms with van der Waals surface area (Å²) in [6.45, 7) is 0.705. The molecule has 0 saturated heterocycles. The number of benzene rings is 1. The third-order valence-electron chi connectivity index (χ3n) is 2.85. The number of nitrogens with zero attached hydrogens (tertiary/aromatic N) is 1. The Hall–Kier alpha value is -2.24. The molecule has 0 bridgehead atoms. The van der Waals surface area contributed by atoms with Gasteiger partial charge >= 0.3 is 6.18 Å². The van der Waals surface area contributed by atoms with Crippen molar-refractivity contribution >= 4 is 5.69 Å². The Morgan fingerprint density at radius 2 is 1.71 bits per heavy atom. The van der Waals surface area contributed by atoms with Crippen molar-refractivity contribution in [3.8, 4) is 5.75 Å². The van der Waals surface area contributed by atoms with Crippen molar-refractivity contribution < 1.29 is 17.9 Å². The first kappa shape index (κ1) is 15.2. The van der Waals surface area contributed by atoms with Gasteiger partial charge in [0.1, 0.15) is 5.75 Å². The van der Waals surface area contributed by atoms with Crippen molar-refractivity contribution in [2.45, 2.75) is 19.1 Å². The van der Waals surface area contributed by atoms with Crippen LogP contribution in [0.5, 0.6) is 5.75 Å². The zero-order chi connectivity index (χ0) is 15.3. The number of alkyl halides is 3. The van der Waals surface area contributed by atoms with Crippen molar-refractivity contribution in [3.05, 3.63) is 54.4 Å². The molecule has 2 aromatic rings.